The smallest absolute Gasteiger partial charge is 0.106 e. The predicted octanol–water partition coefficient (Wildman–Crippen LogP) is 3.13. The van der Waals surface area contributed by atoms with E-state index in [0.717, 1.165) is 18.7 Å². The molecule has 1 aromatic rings. The molecule has 0 amide bonds. The first kappa shape index (κ1) is 16.5. The SMILES string of the molecule is CC(C)N1CCOC(C(O)c2ccc(C(C)(C)C)cc2)C1. The molecule has 0 spiro atoms. The molecular weight excluding hydrogens is 262 g/mol. The van der Waals surface area contributed by atoms with E-state index in [1.807, 2.05) is 12.1 Å². The van der Waals surface area contributed by atoms with Crippen LogP contribution < -0.4 is 0 Å². The van der Waals surface area contributed by atoms with Crippen LogP contribution >= 0.6 is 0 Å². The van der Waals surface area contributed by atoms with Gasteiger partial charge in [0.25, 0.3) is 0 Å². The van der Waals surface area contributed by atoms with E-state index in [1.54, 1.807) is 0 Å². The number of nitrogens with zero attached hydrogens (tertiary/aromatic N) is 1. The van der Waals surface area contributed by atoms with Crippen molar-refractivity contribution < 1.29 is 9.84 Å². The molecule has 1 N–H and O–H groups in total. The summed E-state index contributed by atoms with van der Waals surface area (Å²) in [7, 11) is 0. The summed E-state index contributed by atoms with van der Waals surface area (Å²) in [5.41, 5.74) is 2.37. The van der Waals surface area contributed by atoms with Crippen molar-refractivity contribution in [1.29, 1.82) is 0 Å². The van der Waals surface area contributed by atoms with Gasteiger partial charge in [0, 0.05) is 19.1 Å². The standard InChI is InChI=1S/C18H29NO2/c1-13(2)19-10-11-21-16(12-19)17(20)14-6-8-15(9-7-14)18(3,4)5/h6-9,13,16-17,20H,10-12H2,1-5H3. The van der Waals surface area contributed by atoms with E-state index in [1.165, 1.54) is 5.56 Å². The maximum Gasteiger partial charge on any atom is 0.106 e. The van der Waals surface area contributed by atoms with Gasteiger partial charge in [-0.2, -0.15) is 0 Å². The fraction of sp³-hybridized carbons (Fsp3) is 0.667. The van der Waals surface area contributed by atoms with Crippen LogP contribution in [0.25, 0.3) is 0 Å². The lowest BCUT2D eigenvalue weighted by atomic mass is 9.86. The molecule has 0 saturated carbocycles. The molecule has 1 aliphatic heterocycles. The minimum Gasteiger partial charge on any atom is -0.386 e. The molecule has 0 bridgehead atoms. The molecule has 3 heteroatoms. The summed E-state index contributed by atoms with van der Waals surface area (Å²) in [6.07, 6.45) is -0.692. The Labute approximate surface area is 128 Å². The Morgan fingerprint density at radius 2 is 1.81 bits per heavy atom. The Hall–Kier alpha value is -0.900. The summed E-state index contributed by atoms with van der Waals surface area (Å²) in [5.74, 6) is 0. The minimum atomic E-state index is -0.555. The average Bonchev–Trinajstić information content (AvgIpc) is 2.46. The number of ether oxygens (including phenoxy) is 1. The molecule has 0 aromatic heterocycles. The van der Waals surface area contributed by atoms with E-state index in [-0.39, 0.29) is 11.5 Å². The van der Waals surface area contributed by atoms with Crippen LogP contribution in [0.2, 0.25) is 0 Å². The highest BCUT2D eigenvalue weighted by molar-refractivity contribution is 5.29. The zero-order valence-corrected chi connectivity index (χ0v) is 14.0. The number of aliphatic hydroxyl groups is 1. The monoisotopic (exact) mass is 291 g/mol. The normalized spacial score (nSPS) is 22.5. The first-order chi connectivity index (χ1) is 9.79. The van der Waals surface area contributed by atoms with Gasteiger partial charge in [0.1, 0.15) is 12.2 Å². The van der Waals surface area contributed by atoms with Gasteiger partial charge in [0.05, 0.1) is 6.61 Å². The van der Waals surface area contributed by atoms with Crippen molar-refractivity contribution in [2.45, 2.75) is 58.3 Å². The maximum atomic E-state index is 10.6. The largest absolute Gasteiger partial charge is 0.386 e. The average molecular weight is 291 g/mol. The van der Waals surface area contributed by atoms with Gasteiger partial charge in [-0.25, -0.2) is 0 Å². The van der Waals surface area contributed by atoms with Gasteiger partial charge in [-0.1, -0.05) is 45.0 Å². The van der Waals surface area contributed by atoms with Crippen LogP contribution in [0.1, 0.15) is 51.8 Å². The summed E-state index contributed by atoms with van der Waals surface area (Å²) >= 11 is 0. The van der Waals surface area contributed by atoms with E-state index in [0.29, 0.717) is 12.6 Å². The van der Waals surface area contributed by atoms with Crippen LogP contribution in [0.4, 0.5) is 0 Å². The van der Waals surface area contributed by atoms with Crippen LogP contribution in [0.15, 0.2) is 24.3 Å². The summed E-state index contributed by atoms with van der Waals surface area (Å²) in [5, 5.41) is 10.6. The predicted molar refractivity (Wildman–Crippen MR) is 86.6 cm³/mol. The third-order valence-electron chi connectivity index (χ3n) is 4.33. The molecule has 1 aliphatic rings. The number of benzene rings is 1. The Morgan fingerprint density at radius 3 is 2.33 bits per heavy atom. The highest BCUT2D eigenvalue weighted by Gasteiger charge is 2.29. The van der Waals surface area contributed by atoms with Crippen molar-refractivity contribution >= 4 is 0 Å². The van der Waals surface area contributed by atoms with Gasteiger partial charge in [0.15, 0.2) is 0 Å². The molecule has 2 unspecified atom stereocenters. The molecule has 3 nitrogen and oxygen atoms in total. The van der Waals surface area contributed by atoms with E-state index in [2.05, 4.69) is 51.7 Å². The Balaban J connectivity index is 2.07. The highest BCUT2D eigenvalue weighted by Crippen LogP contribution is 2.27. The second-order valence-corrected chi connectivity index (χ2v) is 7.31. The lowest BCUT2D eigenvalue weighted by Gasteiger charge is -2.37. The second kappa shape index (κ2) is 6.47. The molecule has 0 radical (unpaired) electrons. The number of hydrogen-bond donors (Lipinski definition) is 1. The van der Waals surface area contributed by atoms with Crippen molar-refractivity contribution in [3.63, 3.8) is 0 Å². The van der Waals surface area contributed by atoms with Gasteiger partial charge in [0.2, 0.25) is 0 Å². The zero-order chi connectivity index (χ0) is 15.6. The van der Waals surface area contributed by atoms with Gasteiger partial charge in [-0.05, 0) is 30.4 Å². The number of rotatable bonds is 3. The summed E-state index contributed by atoms with van der Waals surface area (Å²) in [6, 6.07) is 8.78. The van der Waals surface area contributed by atoms with Crippen molar-refractivity contribution in [3.05, 3.63) is 35.4 Å². The lowest BCUT2D eigenvalue weighted by Crippen LogP contribution is -2.47. The van der Waals surface area contributed by atoms with Crippen molar-refractivity contribution in [1.82, 2.24) is 4.90 Å². The van der Waals surface area contributed by atoms with E-state index >= 15 is 0 Å². The van der Waals surface area contributed by atoms with Gasteiger partial charge < -0.3 is 9.84 Å². The van der Waals surface area contributed by atoms with Crippen LogP contribution in [0, 0.1) is 0 Å². The minimum absolute atomic E-state index is 0.137. The highest BCUT2D eigenvalue weighted by atomic mass is 16.5. The topological polar surface area (TPSA) is 32.7 Å². The summed E-state index contributed by atoms with van der Waals surface area (Å²) in [4.78, 5) is 2.36. The first-order valence-corrected chi connectivity index (χ1v) is 7.93. The third-order valence-corrected chi connectivity index (χ3v) is 4.33. The van der Waals surface area contributed by atoms with Crippen LogP contribution in [0.3, 0.4) is 0 Å². The van der Waals surface area contributed by atoms with E-state index in [4.69, 9.17) is 4.74 Å². The quantitative estimate of drug-likeness (QED) is 0.928. The van der Waals surface area contributed by atoms with E-state index < -0.39 is 6.10 Å². The molecule has 0 aliphatic carbocycles. The maximum absolute atomic E-state index is 10.6. The first-order valence-electron chi connectivity index (χ1n) is 7.93. The Bertz CT molecular complexity index is 447. The zero-order valence-electron chi connectivity index (χ0n) is 14.0. The number of aliphatic hydroxyl groups excluding tert-OH is 1. The van der Waals surface area contributed by atoms with Crippen LogP contribution in [0.5, 0.6) is 0 Å². The molecule has 118 valence electrons. The van der Waals surface area contributed by atoms with Crippen LogP contribution in [-0.4, -0.2) is 41.8 Å². The van der Waals surface area contributed by atoms with Crippen molar-refractivity contribution in [2.75, 3.05) is 19.7 Å². The lowest BCUT2D eigenvalue weighted by molar-refractivity contribution is -0.0961. The Kier molecular flexibility index (Phi) is 5.07. The molecular formula is C18H29NO2. The molecule has 1 aromatic carbocycles. The van der Waals surface area contributed by atoms with Gasteiger partial charge in [-0.15, -0.1) is 0 Å². The molecule has 1 heterocycles. The van der Waals surface area contributed by atoms with Crippen molar-refractivity contribution in [2.24, 2.45) is 0 Å². The third kappa shape index (κ3) is 4.06. The molecule has 2 rings (SSSR count). The van der Waals surface area contributed by atoms with E-state index in [9.17, 15) is 5.11 Å². The van der Waals surface area contributed by atoms with Crippen molar-refractivity contribution in [3.8, 4) is 0 Å². The number of hydrogen-bond acceptors (Lipinski definition) is 3. The van der Waals surface area contributed by atoms with Gasteiger partial charge >= 0.3 is 0 Å². The number of morpholine rings is 1. The Morgan fingerprint density at radius 1 is 1.19 bits per heavy atom. The summed E-state index contributed by atoms with van der Waals surface area (Å²) < 4.78 is 5.78. The molecule has 1 saturated heterocycles. The van der Waals surface area contributed by atoms with Crippen LogP contribution in [-0.2, 0) is 10.2 Å². The fourth-order valence-corrected chi connectivity index (χ4v) is 2.75. The summed E-state index contributed by atoms with van der Waals surface area (Å²) in [6.45, 7) is 13.4. The molecule has 2 atom stereocenters. The second-order valence-electron chi connectivity index (χ2n) is 7.31. The molecule has 21 heavy (non-hydrogen) atoms. The fourth-order valence-electron chi connectivity index (χ4n) is 2.75. The van der Waals surface area contributed by atoms with Gasteiger partial charge in [-0.3, -0.25) is 4.90 Å². The molecule has 1 fully saturated rings.